The van der Waals surface area contributed by atoms with Crippen molar-refractivity contribution in [2.24, 2.45) is 0 Å². The second kappa shape index (κ2) is 4.98. The highest BCUT2D eigenvalue weighted by molar-refractivity contribution is 6.17. The maximum absolute atomic E-state index is 13.3. The Morgan fingerprint density at radius 1 is 1.50 bits per heavy atom. The van der Waals surface area contributed by atoms with Crippen molar-refractivity contribution in [3.63, 3.8) is 0 Å². The van der Waals surface area contributed by atoms with Crippen LogP contribution in [0.25, 0.3) is 0 Å². The van der Waals surface area contributed by atoms with Gasteiger partial charge in [0.05, 0.1) is 0 Å². The van der Waals surface area contributed by atoms with E-state index in [1.807, 2.05) is 19.0 Å². The van der Waals surface area contributed by atoms with Crippen LogP contribution in [0.4, 0.5) is 4.39 Å². The molecule has 1 radical (unpaired) electrons. The lowest BCUT2D eigenvalue weighted by Crippen LogP contribution is -2.12. The number of hydrogen-bond donors (Lipinski definition) is 1. The minimum Gasteiger partial charge on any atom is -0.537 e. The molecule has 0 spiro atoms. The average molecular weight is 196 g/mol. The summed E-state index contributed by atoms with van der Waals surface area (Å²) in [4.78, 5) is 1.87. The quantitative estimate of drug-likeness (QED) is 0.722. The van der Waals surface area contributed by atoms with E-state index < -0.39 is 0 Å². The summed E-state index contributed by atoms with van der Waals surface area (Å²) >= 11 is 0. The lowest BCUT2D eigenvalue weighted by atomic mass is 10.2. The van der Waals surface area contributed by atoms with Gasteiger partial charge >= 0.3 is 7.69 Å². The van der Waals surface area contributed by atoms with Crippen LogP contribution in [0.2, 0.25) is 0 Å². The summed E-state index contributed by atoms with van der Waals surface area (Å²) in [6.45, 7) is 0.537. The zero-order valence-electron chi connectivity index (χ0n) is 8.20. The first-order chi connectivity index (χ1) is 6.63. The van der Waals surface area contributed by atoms with Gasteiger partial charge in [-0.15, -0.1) is 0 Å². The van der Waals surface area contributed by atoms with Gasteiger partial charge in [-0.25, -0.2) is 4.39 Å². The number of hydrogen-bond acceptors (Lipinski definition) is 3. The van der Waals surface area contributed by atoms with Crippen LogP contribution in [-0.4, -0.2) is 31.7 Å². The highest BCUT2D eigenvalue weighted by Gasteiger charge is 2.05. The second-order valence-electron chi connectivity index (χ2n) is 3.21. The van der Waals surface area contributed by atoms with Crippen LogP contribution in [0.5, 0.6) is 5.75 Å². The first kappa shape index (κ1) is 11.0. The fraction of sp³-hybridized carbons (Fsp3) is 0.333. The molecule has 3 nitrogen and oxygen atoms in total. The van der Waals surface area contributed by atoms with Gasteiger partial charge in [-0.2, -0.15) is 0 Å². The molecule has 0 atom stereocenters. The summed E-state index contributed by atoms with van der Waals surface area (Å²) < 4.78 is 18.0. The predicted molar refractivity (Wildman–Crippen MR) is 52.4 cm³/mol. The maximum Gasteiger partial charge on any atom is 0.569 e. The molecule has 1 N–H and O–H groups in total. The van der Waals surface area contributed by atoms with E-state index in [0.29, 0.717) is 19.8 Å². The Balaban J connectivity index is 2.79. The molecule has 1 aromatic rings. The van der Waals surface area contributed by atoms with Crippen molar-refractivity contribution in [1.29, 1.82) is 0 Å². The number of halogens is 1. The molecule has 0 aliphatic rings. The van der Waals surface area contributed by atoms with Crippen LogP contribution >= 0.6 is 0 Å². The molecule has 14 heavy (non-hydrogen) atoms. The van der Waals surface area contributed by atoms with Gasteiger partial charge in [0.25, 0.3) is 0 Å². The molecule has 1 aromatic carbocycles. The number of nitrogens with zero attached hydrogens (tertiary/aromatic N) is 1. The lowest BCUT2D eigenvalue weighted by Gasteiger charge is -2.11. The van der Waals surface area contributed by atoms with Gasteiger partial charge in [-0.3, -0.25) is 0 Å². The van der Waals surface area contributed by atoms with Gasteiger partial charge in [0.2, 0.25) is 0 Å². The molecule has 0 saturated carbocycles. The summed E-state index contributed by atoms with van der Waals surface area (Å²) in [5.74, 6) is -0.0504. The SMILES string of the molecule is CN(C)Cc1ccc(O[B]O)cc1F. The zero-order chi connectivity index (χ0) is 10.6. The van der Waals surface area contributed by atoms with E-state index in [2.05, 4.69) is 4.65 Å². The van der Waals surface area contributed by atoms with Crippen molar-refractivity contribution in [1.82, 2.24) is 4.90 Å². The highest BCUT2D eigenvalue weighted by Crippen LogP contribution is 2.16. The molecule has 1 rings (SSSR count). The molecule has 75 valence electrons. The third-order valence-electron chi connectivity index (χ3n) is 1.70. The van der Waals surface area contributed by atoms with E-state index in [9.17, 15) is 4.39 Å². The Hall–Kier alpha value is -1.07. The molecule has 0 saturated heterocycles. The van der Waals surface area contributed by atoms with Crippen LogP contribution in [0.15, 0.2) is 18.2 Å². The van der Waals surface area contributed by atoms with Crippen LogP contribution < -0.4 is 4.65 Å². The fourth-order valence-corrected chi connectivity index (χ4v) is 1.13. The topological polar surface area (TPSA) is 32.7 Å². The number of rotatable bonds is 4. The molecular weight excluding hydrogens is 184 g/mol. The Labute approximate surface area is 83.4 Å². The minimum atomic E-state index is -0.335. The van der Waals surface area contributed by atoms with E-state index in [4.69, 9.17) is 5.02 Å². The smallest absolute Gasteiger partial charge is 0.537 e. The van der Waals surface area contributed by atoms with E-state index in [-0.39, 0.29) is 11.6 Å². The van der Waals surface area contributed by atoms with Crippen molar-refractivity contribution in [2.45, 2.75) is 6.54 Å². The van der Waals surface area contributed by atoms with Crippen LogP contribution in [0.1, 0.15) is 5.56 Å². The Morgan fingerprint density at radius 3 is 2.71 bits per heavy atom. The largest absolute Gasteiger partial charge is 0.569 e. The molecule has 0 aliphatic heterocycles. The summed E-state index contributed by atoms with van der Waals surface area (Å²) in [6, 6.07) is 4.48. The van der Waals surface area contributed by atoms with Gasteiger partial charge in [0.1, 0.15) is 11.6 Å². The molecule has 0 fully saturated rings. The minimum absolute atomic E-state index is 0.285. The van der Waals surface area contributed by atoms with E-state index >= 15 is 0 Å². The highest BCUT2D eigenvalue weighted by atomic mass is 19.1. The third kappa shape index (κ3) is 3.01. The zero-order valence-corrected chi connectivity index (χ0v) is 8.20. The van der Waals surface area contributed by atoms with E-state index in [1.54, 1.807) is 12.1 Å². The van der Waals surface area contributed by atoms with Crippen LogP contribution in [-0.2, 0) is 6.54 Å². The van der Waals surface area contributed by atoms with Crippen LogP contribution in [0.3, 0.4) is 0 Å². The van der Waals surface area contributed by atoms with Gasteiger partial charge in [-0.1, -0.05) is 6.07 Å². The van der Waals surface area contributed by atoms with E-state index in [0.717, 1.165) is 0 Å². The molecule has 5 heteroatoms. The van der Waals surface area contributed by atoms with Crippen molar-refractivity contribution in [3.05, 3.63) is 29.6 Å². The summed E-state index contributed by atoms with van der Waals surface area (Å²) in [7, 11) is 4.26. The van der Waals surface area contributed by atoms with Gasteiger partial charge in [0.15, 0.2) is 0 Å². The Kier molecular flexibility index (Phi) is 3.91. The van der Waals surface area contributed by atoms with Crippen molar-refractivity contribution < 1.29 is 14.1 Å². The summed E-state index contributed by atoms with van der Waals surface area (Å²) in [5.41, 5.74) is 0.597. The average Bonchev–Trinajstić information content (AvgIpc) is 2.10. The second-order valence-corrected chi connectivity index (χ2v) is 3.21. The van der Waals surface area contributed by atoms with Gasteiger partial charge < -0.3 is 14.6 Å². The summed E-state index contributed by atoms with van der Waals surface area (Å²) in [6.07, 6.45) is 0. The molecule has 0 amide bonds. The molecule has 0 unspecified atom stereocenters. The normalized spacial score (nSPS) is 10.4. The van der Waals surface area contributed by atoms with Gasteiger partial charge in [0, 0.05) is 18.2 Å². The monoisotopic (exact) mass is 196 g/mol. The third-order valence-corrected chi connectivity index (χ3v) is 1.70. The van der Waals surface area contributed by atoms with Crippen molar-refractivity contribution in [2.75, 3.05) is 14.1 Å². The molecule has 0 bridgehead atoms. The fourth-order valence-electron chi connectivity index (χ4n) is 1.13. The van der Waals surface area contributed by atoms with Crippen molar-refractivity contribution in [3.8, 4) is 5.75 Å². The molecular formula is C9H12BFNO2. The van der Waals surface area contributed by atoms with Crippen LogP contribution in [0, 0.1) is 5.82 Å². The molecule has 0 aromatic heterocycles. The van der Waals surface area contributed by atoms with Gasteiger partial charge in [-0.05, 0) is 20.2 Å². The predicted octanol–water partition coefficient (Wildman–Crippen LogP) is 0.793. The Bertz CT molecular complexity index is 307. The molecule has 0 aliphatic carbocycles. The standard InChI is InChI=1S/C9H12BFNO2/c1-12(2)6-7-3-4-8(14-10-13)5-9(7)11/h3-5,13H,6H2,1-2H3. The first-order valence-electron chi connectivity index (χ1n) is 4.19. The maximum atomic E-state index is 13.3. The Morgan fingerprint density at radius 2 is 2.21 bits per heavy atom. The van der Waals surface area contributed by atoms with E-state index in [1.165, 1.54) is 6.07 Å². The molecule has 0 heterocycles. The summed E-state index contributed by atoms with van der Waals surface area (Å²) in [5, 5.41) is 8.35. The number of benzene rings is 1. The first-order valence-corrected chi connectivity index (χ1v) is 4.19. The lowest BCUT2D eigenvalue weighted by molar-refractivity contribution is 0.391. The van der Waals surface area contributed by atoms with Crippen molar-refractivity contribution >= 4 is 7.69 Å².